The SMILES string of the molecule is C[C@H](CO)CCCC1(O)CC1. The van der Waals surface area contributed by atoms with Gasteiger partial charge in [-0.3, -0.25) is 0 Å². The lowest BCUT2D eigenvalue weighted by molar-refractivity contribution is 0.131. The molecule has 1 aliphatic carbocycles. The number of rotatable bonds is 5. The minimum absolute atomic E-state index is 0.276. The summed E-state index contributed by atoms with van der Waals surface area (Å²) < 4.78 is 0. The Labute approximate surface area is 68.2 Å². The molecule has 1 fully saturated rings. The van der Waals surface area contributed by atoms with Crippen LogP contribution in [0.3, 0.4) is 0 Å². The first-order valence-electron chi connectivity index (χ1n) is 4.49. The Kier molecular flexibility index (Phi) is 2.90. The van der Waals surface area contributed by atoms with Crippen molar-refractivity contribution in [2.45, 2.75) is 44.6 Å². The van der Waals surface area contributed by atoms with Crippen molar-refractivity contribution in [3.05, 3.63) is 0 Å². The highest BCUT2D eigenvalue weighted by atomic mass is 16.3. The van der Waals surface area contributed by atoms with Crippen LogP contribution in [-0.2, 0) is 0 Å². The second-order valence-corrected chi connectivity index (χ2v) is 3.90. The van der Waals surface area contributed by atoms with Crippen LogP contribution >= 0.6 is 0 Å². The van der Waals surface area contributed by atoms with Gasteiger partial charge >= 0.3 is 0 Å². The summed E-state index contributed by atoms with van der Waals surface area (Å²) in [4.78, 5) is 0. The quantitative estimate of drug-likeness (QED) is 0.633. The van der Waals surface area contributed by atoms with Gasteiger partial charge in [-0.05, 0) is 31.6 Å². The highest BCUT2D eigenvalue weighted by Crippen LogP contribution is 2.39. The molecule has 0 aliphatic heterocycles. The maximum atomic E-state index is 9.45. The molecular weight excluding hydrogens is 140 g/mol. The molecule has 11 heavy (non-hydrogen) atoms. The molecule has 0 aromatic heterocycles. The summed E-state index contributed by atoms with van der Waals surface area (Å²) in [6, 6.07) is 0. The Morgan fingerprint density at radius 2 is 2.09 bits per heavy atom. The van der Waals surface area contributed by atoms with E-state index in [2.05, 4.69) is 0 Å². The molecule has 1 rings (SSSR count). The normalized spacial score (nSPS) is 23.2. The summed E-state index contributed by atoms with van der Waals surface area (Å²) in [7, 11) is 0. The zero-order chi connectivity index (χ0) is 8.32. The zero-order valence-corrected chi connectivity index (χ0v) is 7.21. The Morgan fingerprint density at radius 1 is 1.45 bits per heavy atom. The maximum absolute atomic E-state index is 9.45. The van der Waals surface area contributed by atoms with Crippen LogP contribution in [0.15, 0.2) is 0 Å². The van der Waals surface area contributed by atoms with Gasteiger partial charge in [-0.2, -0.15) is 0 Å². The molecule has 0 aromatic carbocycles. The fraction of sp³-hybridized carbons (Fsp3) is 1.00. The standard InChI is InChI=1S/C9H18O2/c1-8(7-10)3-2-4-9(11)5-6-9/h8,10-11H,2-7H2,1H3/t8-/m0/s1. The smallest absolute Gasteiger partial charge is 0.0650 e. The van der Waals surface area contributed by atoms with Gasteiger partial charge in [0.1, 0.15) is 0 Å². The molecule has 0 spiro atoms. The lowest BCUT2D eigenvalue weighted by Gasteiger charge is -2.09. The molecular formula is C9H18O2. The predicted octanol–water partition coefficient (Wildman–Crippen LogP) is 1.31. The molecule has 0 bridgehead atoms. The Morgan fingerprint density at radius 3 is 2.55 bits per heavy atom. The van der Waals surface area contributed by atoms with Gasteiger partial charge in [-0.25, -0.2) is 0 Å². The van der Waals surface area contributed by atoms with Crippen molar-refractivity contribution in [3.8, 4) is 0 Å². The van der Waals surface area contributed by atoms with Gasteiger partial charge in [0.15, 0.2) is 0 Å². The number of aliphatic hydroxyl groups excluding tert-OH is 1. The second kappa shape index (κ2) is 3.55. The van der Waals surface area contributed by atoms with Crippen molar-refractivity contribution in [1.29, 1.82) is 0 Å². The van der Waals surface area contributed by atoms with E-state index in [1.807, 2.05) is 6.92 Å². The van der Waals surface area contributed by atoms with Gasteiger partial charge in [0.05, 0.1) is 5.60 Å². The average Bonchev–Trinajstić information content (AvgIpc) is 2.68. The third-order valence-electron chi connectivity index (χ3n) is 2.48. The third-order valence-corrected chi connectivity index (χ3v) is 2.48. The molecule has 0 saturated heterocycles. The molecule has 66 valence electrons. The molecule has 0 unspecified atom stereocenters. The lowest BCUT2D eigenvalue weighted by atomic mass is 10.0. The van der Waals surface area contributed by atoms with Crippen LogP contribution in [0.4, 0.5) is 0 Å². The molecule has 0 aromatic rings. The predicted molar refractivity (Wildman–Crippen MR) is 44.3 cm³/mol. The summed E-state index contributed by atoms with van der Waals surface area (Å²) in [6.45, 7) is 2.31. The van der Waals surface area contributed by atoms with Crippen LogP contribution in [0.2, 0.25) is 0 Å². The third kappa shape index (κ3) is 3.21. The highest BCUT2D eigenvalue weighted by molar-refractivity contribution is 4.92. The fourth-order valence-electron chi connectivity index (χ4n) is 1.27. The average molecular weight is 158 g/mol. The minimum Gasteiger partial charge on any atom is -0.396 e. The van der Waals surface area contributed by atoms with Crippen molar-refractivity contribution in [2.24, 2.45) is 5.92 Å². The van der Waals surface area contributed by atoms with Gasteiger partial charge in [0.25, 0.3) is 0 Å². The van der Waals surface area contributed by atoms with E-state index >= 15 is 0 Å². The van der Waals surface area contributed by atoms with Crippen LogP contribution < -0.4 is 0 Å². The largest absolute Gasteiger partial charge is 0.396 e. The monoisotopic (exact) mass is 158 g/mol. The molecule has 2 N–H and O–H groups in total. The minimum atomic E-state index is -0.296. The lowest BCUT2D eigenvalue weighted by Crippen LogP contribution is -2.08. The Balaban J connectivity index is 1.95. The highest BCUT2D eigenvalue weighted by Gasteiger charge is 2.39. The van der Waals surface area contributed by atoms with E-state index in [4.69, 9.17) is 5.11 Å². The van der Waals surface area contributed by atoms with Gasteiger partial charge in [0, 0.05) is 6.61 Å². The second-order valence-electron chi connectivity index (χ2n) is 3.90. The molecule has 2 nitrogen and oxygen atoms in total. The van der Waals surface area contributed by atoms with Crippen LogP contribution in [0.25, 0.3) is 0 Å². The van der Waals surface area contributed by atoms with Crippen LogP contribution in [-0.4, -0.2) is 22.4 Å². The summed E-state index contributed by atoms with van der Waals surface area (Å²) in [5, 5.41) is 18.2. The Bertz CT molecular complexity index is 119. The van der Waals surface area contributed by atoms with Gasteiger partial charge in [-0.15, -0.1) is 0 Å². The van der Waals surface area contributed by atoms with Crippen molar-refractivity contribution in [2.75, 3.05) is 6.61 Å². The van der Waals surface area contributed by atoms with Crippen molar-refractivity contribution in [1.82, 2.24) is 0 Å². The topological polar surface area (TPSA) is 40.5 Å². The van der Waals surface area contributed by atoms with Crippen LogP contribution in [0, 0.1) is 5.92 Å². The molecule has 0 heterocycles. The molecule has 2 heteroatoms. The van der Waals surface area contributed by atoms with Crippen molar-refractivity contribution >= 4 is 0 Å². The number of hydrogen-bond donors (Lipinski definition) is 2. The van der Waals surface area contributed by atoms with E-state index in [-0.39, 0.29) is 12.2 Å². The van der Waals surface area contributed by atoms with Gasteiger partial charge < -0.3 is 10.2 Å². The van der Waals surface area contributed by atoms with Crippen LogP contribution in [0.5, 0.6) is 0 Å². The molecule has 1 aliphatic rings. The summed E-state index contributed by atoms with van der Waals surface area (Å²) in [5.74, 6) is 0.400. The van der Waals surface area contributed by atoms with E-state index in [1.54, 1.807) is 0 Å². The van der Waals surface area contributed by atoms with Crippen LogP contribution in [0.1, 0.15) is 39.0 Å². The summed E-state index contributed by atoms with van der Waals surface area (Å²) in [5.41, 5.74) is -0.296. The fourth-order valence-corrected chi connectivity index (χ4v) is 1.27. The number of hydrogen-bond acceptors (Lipinski definition) is 2. The summed E-state index contributed by atoms with van der Waals surface area (Å²) in [6.07, 6.45) is 5.00. The van der Waals surface area contributed by atoms with E-state index < -0.39 is 0 Å². The molecule has 1 atom stereocenters. The van der Waals surface area contributed by atoms with Crippen molar-refractivity contribution < 1.29 is 10.2 Å². The van der Waals surface area contributed by atoms with Gasteiger partial charge in [-0.1, -0.05) is 13.3 Å². The summed E-state index contributed by atoms with van der Waals surface area (Å²) >= 11 is 0. The molecule has 0 amide bonds. The van der Waals surface area contributed by atoms with Crippen molar-refractivity contribution in [3.63, 3.8) is 0 Å². The number of aliphatic hydroxyl groups is 2. The maximum Gasteiger partial charge on any atom is 0.0650 e. The molecule has 0 radical (unpaired) electrons. The Hall–Kier alpha value is -0.0800. The van der Waals surface area contributed by atoms with E-state index in [0.717, 1.165) is 32.1 Å². The zero-order valence-electron chi connectivity index (χ0n) is 7.21. The first kappa shape index (κ1) is 9.01. The first-order valence-corrected chi connectivity index (χ1v) is 4.49. The molecule has 1 saturated carbocycles. The van der Waals surface area contributed by atoms with E-state index in [0.29, 0.717) is 5.92 Å². The van der Waals surface area contributed by atoms with E-state index in [1.165, 1.54) is 0 Å². The van der Waals surface area contributed by atoms with E-state index in [9.17, 15) is 5.11 Å². The first-order chi connectivity index (χ1) is 5.16. The van der Waals surface area contributed by atoms with Gasteiger partial charge in [0.2, 0.25) is 0 Å².